The summed E-state index contributed by atoms with van der Waals surface area (Å²) in [6, 6.07) is 13.7. The lowest BCUT2D eigenvalue weighted by molar-refractivity contribution is -0.393. The van der Waals surface area contributed by atoms with Crippen molar-refractivity contribution in [2.45, 2.75) is 0 Å². The number of nitrogens with zero attached hydrogens (tertiary/aromatic N) is 3. The van der Waals surface area contributed by atoms with Gasteiger partial charge in [-0.1, -0.05) is 11.6 Å². The molecule has 136 valence electrons. The van der Waals surface area contributed by atoms with Gasteiger partial charge in [0.2, 0.25) is 0 Å². The lowest BCUT2D eigenvalue weighted by Gasteiger charge is -2.01. The molecule has 1 N–H and O–H groups in total. The first-order valence-corrected chi connectivity index (χ1v) is 7.89. The third-order valence-corrected chi connectivity index (χ3v) is 3.77. The van der Waals surface area contributed by atoms with Crippen LogP contribution in [0.2, 0.25) is 5.02 Å². The van der Waals surface area contributed by atoms with E-state index in [4.69, 9.17) is 16.0 Å². The predicted octanol–water partition coefficient (Wildman–Crippen LogP) is 4.86. The van der Waals surface area contributed by atoms with E-state index in [1.165, 1.54) is 12.3 Å². The van der Waals surface area contributed by atoms with Gasteiger partial charge in [-0.25, -0.2) is 0 Å². The fourth-order valence-corrected chi connectivity index (χ4v) is 2.36. The van der Waals surface area contributed by atoms with Crippen molar-refractivity contribution in [3.05, 3.63) is 85.6 Å². The Morgan fingerprint density at radius 3 is 2.41 bits per heavy atom. The van der Waals surface area contributed by atoms with Gasteiger partial charge in [0.05, 0.1) is 22.1 Å². The molecule has 1 aromatic heterocycles. The number of halogens is 1. The second-order valence-electron chi connectivity index (χ2n) is 5.29. The minimum Gasteiger partial charge on any atom is -0.455 e. The van der Waals surface area contributed by atoms with E-state index in [1.54, 1.807) is 36.4 Å². The van der Waals surface area contributed by atoms with Crippen molar-refractivity contribution in [1.82, 2.24) is 0 Å². The second-order valence-corrected chi connectivity index (χ2v) is 5.73. The van der Waals surface area contributed by atoms with Crippen LogP contribution in [0.1, 0.15) is 5.76 Å². The van der Waals surface area contributed by atoms with Gasteiger partial charge in [-0.2, -0.15) is 5.10 Å². The van der Waals surface area contributed by atoms with Gasteiger partial charge in [0.25, 0.3) is 5.69 Å². The second kappa shape index (κ2) is 7.67. The number of hydrogen-bond acceptors (Lipinski definition) is 7. The van der Waals surface area contributed by atoms with Crippen molar-refractivity contribution in [3.8, 4) is 11.3 Å². The van der Waals surface area contributed by atoms with Crippen LogP contribution >= 0.6 is 11.6 Å². The predicted molar refractivity (Wildman–Crippen MR) is 100 cm³/mol. The zero-order chi connectivity index (χ0) is 19.4. The summed E-state index contributed by atoms with van der Waals surface area (Å²) in [6.07, 6.45) is 1.34. The summed E-state index contributed by atoms with van der Waals surface area (Å²) in [5.41, 5.74) is 2.51. The molecule has 0 amide bonds. The van der Waals surface area contributed by atoms with Gasteiger partial charge in [-0.15, -0.1) is 0 Å². The molecule has 10 heteroatoms. The number of nitrogens with one attached hydrogen (secondary N) is 1. The van der Waals surface area contributed by atoms with E-state index in [9.17, 15) is 20.2 Å². The molecule has 0 fully saturated rings. The fraction of sp³-hybridized carbons (Fsp3) is 0. The number of non-ortho nitro benzene ring substituents is 1. The summed E-state index contributed by atoms with van der Waals surface area (Å²) in [6.45, 7) is 0. The first-order valence-electron chi connectivity index (χ1n) is 7.52. The maximum Gasteiger partial charge on any atom is 0.301 e. The third kappa shape index (κ3) is 4.28. The van der Waals surface area contributed by atoms with Crippen molar-refractivity contribution in [3.63, 3.8) is 0 Å². The Morgan fingerprint density at radius 2 is 1.74 bits per heavy atom. The number of furan rings is 1. The average Bonchev–Trinajstić information content (AvgIpc) is 3.11. The van der Waals surface area contributed by atoms with Crippen LogP contribution in [0.4, 0.5) is 17.1 Å². The summed E-state index contributed by atoms with van der Waals surface area (Å²) in [5, 5.41) is 26.3. The van der Waals surface area contributed by atoms with E-state index in [0.717, 1.165) is 17.7 Å². The normalized spacial score (nSPS) is 10.9. The van der Waals surface area contributed by atoms with Gasteiger partial charge in [-0.3, -0.25) is 25.7 Å². The van der Waals surface area contributed by atoms with E-state index in [1.807, 2.05) is 0 Å². The number of rotatable bonds is 6. The maximum absolute atomic E-state index is 11.1. The number of hydrogen-bond donors (Lipinski definition) is 1. The van der Waals surface area contributed by atoms with Crippen molar-refractivity contribution >= 4 is 34.9 Å². The molecular formula is C17H11ClN4O5. The summed E-state index contributed by atoms with van der Waals surface area (Å²) >= 11 is 5.85. The molecule has 9 nitrogen and oxygen atoms in total. The molecule has 0 bridgehead atoms. The smallest absolute Gasteiger partial charge is 0.301 e. The SMILES string of the molecule is O=[N+]([O-])c1ccc(NN=Cc2ccc(-c3ccc(Cl)cc3)o2)c([N+](=O)[O-])c1. The van der Waals surface area contributed by atoms with E-state index < -0.39 is 15.5 Å². The molecular weight excluding hydrogens is 376 g/mol. The minimum absolute atomic E-state index is 0.0198. The highest BCUT2D eigenvalue weighted by Gasteiger charge is 2.19. The van der Waals surface area contributed by atoms with E-state index >= 15 is 0 Å². The van der Waals surface area contributed by atoms with Gasteiger partial charge in [0, 0.05) is 16.7 Å². The molecule has 0 aliphatic carbocycles. The fourth-order valence-electron chi connectivity index (χ4n) is 2.24. The standard InChI is InChI=1S/C17H11ClN4O5/c18-12-3-1-11(2-4-12)17-8-6-14(27-17)10-19-20-15-7-5-13(21(23)24)9-16(15)22(25)26/h1-10,20H. The highest BCUT2D eigenvalue weighted by atomic mass is 35.5. The summed E-state index contributed by atoms with van der Waals surface area (Å²) in [4.78, 5) is 20.4. The molecule has 1 heterocycles. The molecule has 0 aliphatic heterocycles. The van der Waals surface area contributed by atoms with Crippen LogP contribution in [0.25, 0.3) is 11.3 Å². The first kappa shape index (κ1) is 18.1. The quantitative estimate of drug-likeness (QED) is 0.366. The molecule has 0 atom stereocenters. The lowest BCUT2D eigenvalue weighted by Crippen LogP contribution is -1.98. The Labute approximate surface area is 157 Å². The van der Waals surface area contributed by atoms with Crippen molar-refractivity contribution in [2.24, 2.45) is 5.10 Å². The lowest BCUT2D eigenvalue weighted by atomic mass is 10.2. The highest BCUT2D eigenvalue weighted by molar-refractivity contribution is 6.30. The summed E-state index contributed by atoms with van der Waals surface area (Å²) < 4.78 is 5.62. The topological polar surface area (TPSA) is 124 Å². The maximum atomic E-state index is 11.1. The van der Waals surface area contributed by atoms with Gasteiger partial charge in [-0.05, 0) is 42.5 Å². The first-order chi connectivity index (χ1) is 12.9. The Bertz CT molecular complexity index is 1030. The van der Waals surface area contributed by atoms with Gasteiger partial charge < -0.3 is 4.42 Å². The minimum atomic E-state index is -0.726. The number of benzene rings is 2. The molecule has 0 saturated carbocycles. The Balaban J connectivity index is 1.75. The number of hydrazone groups is 1. The molecule has 27 heavy (non-hydrogen) atoms. The van der Waals surface area contributed by atoms with Crippen molar-refractivity contribution in [1.29, 1.82) is 0 Å². The highest BCUT2D eigenvalue weighted by Crippen LogP contribution is 2.29. The molecule has 2 aromatic carbocycles. The van der Waals surface area contributed by atoms with Crippen LogP contribution < -0.4 is 5.43 Å². The summed E-state index contributed by atoms with van der Waals surface area (Å²) in [7, 11) is 0. The molecule has 0 unspecified atom stereocenters. The summed E-state index contributed by atoms with van der Waals surface area (Å²) in [5.74, 6) is 1.02. The molecule has 0 saturated heterocycles. The number of nitro benzene ring substituents is 2. The largest absolute Gasteiger partial charge is 0.455 e. The van der Waals surface area contributed by atoms with Crippen LogP contribution in [0, 0.1) is 20.2 Å². The van der Waals surface area contributed by atoms with Gasteiger partial charge >= 0.3 is 5.69 Å². The van der Waals surface area contributed by atoms with E-state index in [-0.39, 0.29) is 11.4 Å². The zero-order valence-corrected chi connectivity index (χ0v) is 14.3. The Kier molecular flexibility index (Phi) is 5.13. The Hall–Kier alpha value is -3.72. The number of nitro groups is 2. The molecule has 0 spiro atoms. The van der Waals surface area contributed by atoms with Crippen LogP contribution in [0.15, 0.2) is 64.1 Å². The van der Waals surface area contributed by atoms with Crippen molar-refractivity contribution < 1.29 is 14.3 Å². The monoisotopic (exact) mass is 386 g/mol. The van der Waals surface area contributed by atoms with Crippen LogP contribution in [0.3, 0.4) is 0 Å². The van der Waals surface area contributed by atoms with Crippen LogP contribution in [-0.4, -0.2) is 16.1 Å². The van der Waals surface area contributed by atoms with Crippen LogP contribution in [0.5, 0.6) is 0 Å². The molecule has 3 rings (SSSR count). The van der Waals surface area contributed by atoms with E-state index in [0.29, 0.717) is 16.5 Å². The van der Waals surface area contributed by atoms with Gasteiger partial charge in [0.15, 0.2) is 0 Å². The Morgan fingerprint density at radius 1 is 1.00 bits per heavy atom. The van der Waals surface area contributed by atoms with E-state index in [2.05, 4.69) is 10.5 Å². The molecule has 3 aromatic rings. The third-order valence-electron chi connectivity index (χ3n) is 3.52. The average molecular weight is 387 g/mol. The van der Waals surface area contributed by atoms with Crippen molar-refractivity contribution in [2.75, 3.05) is 5.43 Å². The molecule has 0 radical (unpaired) electrons. The van der Waals surface area contributed by atoms with Gasteiger partial charge in [0.1, 0.15) is 17.2 Å². The zero-order valence-electron chi connectivity index (χ0n) is 13.5. The van der Waals surface area contributed by atoms with Crippen LogP contribution in [-0.2, 0) is 0 Å². The number of anilines is 1. The molecule has 0 aliphatic rings.